The fourth-order valence-corrected chi connectivity index (χ4v) is 2.93. The summed E-state index contributed by atoms with van der Waals surface area (Å²) >= 11 is 0. The predicted octanol–water partition coefficient (Wildman–Crippen LogP) is 0.413. The zero-order chi connectivity index (χ0) is 20.4. The van der Waals surface area contributed by atoms with E-state index in [2.05, 4.69) is 4.99 Å². The molecule has 1 aliphatic heterocycles. The van der Waals surface area contributed by atoms with E-state index >= 15 is 0 Å². The Labute approximate surface area is 162 Å². The lowest BCUT2D eigenvalue weighted by Gasteiger charge is -2.39. The first-order chi connectivity index (χ1) is 13.3. The second-order valence-corrected chi connectivity index (χ2v) is 6.83. The van der Waals surface area contributed by atoms with Crippen molar-refractivity contribution in [3.8, 4) is 5.75 Å². The zero-order valence-corrected chi connectivity index (χ0v) is 15.5. The molecular formula is C20H23NO7. The second-order valence-electron chi connectivity index (χ2n) is 6.83. The monoisotopic (exact) mass is 389 g/mol. The van der Waals surface area contributed by atoms with Crippen molar-refractivity contribution in [1.82, 2.24) is 0 Å². The van der Waals surface area contributed by atoms with Gasteiger partial charge in [-0.05, 0) is 61.4 Å². The molecule has 4 N–H and O–H groups in total. The quantitative estimate of drug-likeness (QED) is 0.549. The minimum atomic E-state index is -1.50. The highest BCUT2D eigenvalue weighted by Gasteiger charge is 2.44. The van der Waals surface area contributed by atoms with Gasteiger partial charge < -0.3 is 29.9 Å². The summed E-state index contributed by atoms with van der Waals surface area (Å²) in [7, 11) is 0. The fourth-order valence-electron chi connectivity index (χ4n) is 2.93. The number of hydrogen-bond acceptors (Lipinski definition) is 8. The molecule has 5 atom stereocenters. The topological polar surface area (TPSA) is 129 Å². The fraction of sp³-hybridized carbons (Fsp3) is 0.400. The SMILES string of the molecule is CC1=CC(=Nc2ccc(O[C@@H]3O[C@H](CO)[C@@H](O)[C@H](O)[C@H]3O)cc2)C(C)=CC1=O. The first-order valence-corrected chi connectivity index (χ1v) is 8.87. The molecule has 0 spiro atoms. The molecule has 0 radical (unpaired) electrons. The van der Waals surface area contributed by atoms with Crippen LogP contribution in [-0.4, -0.2) is 69.2 Å². The number of ketones is 1. The molecule has 0 amide bonds. The molecule has 1 aromatic rings. The van der Waals surface area contributed by atoms with Crippen LogP contribution < -0.4 is 4.74 Å². The van der Waals surface area contributed by atoms with Gasteiger partial charge in [-0.2, -0.15) is 0 Å². The Hall–Kier alpha value is -2.36. The average Bonchev–Trinajstić information content (AvgIpc) is 2.68. The van der Waals surface area contributed by atoms with Crippen LogP contribution in [0.15, 0.2) is 52.6 Å². The molecule has 1 aliphatic carbocycles. The molecule has 28 heavy (non-hydrogen) atoms. The van der Waals surface area contributed by atoms with Crippen molar-refractivity contribution in [2.24, 2.45) is 4.99 Å². The van der Waals surface area contributed by atoms with Crippen LogP contribution in [0.3, 0.4) is 0 Å². The van der Waals surface area contributed by atoms with Crippen molar-refractivity contribution in [3.63, 3.8) is 0 Å². The molecule has 0 bridgehead atoms. The summed E-state index contributed by atoms with van der Waals surface area (Å²) < 4.78 is 10.9. The summed E-state index contributed by atoms with van der Waals surface area (Å²) in [4.78, 5) is 16.2. The number of ether oxygens (including phenoxy) is 2. The standard InChI is InChI=1S/C20H23NO7/c1-10-8-15(23)11(2)7-14(10)21-12-3-5-13(6-4-12)27-20-19(26)18(25)17(24)16(9-22)28-20/h3-8,16-20,22,24-26H,9H2,1-2H3/t16-,17-,18+,19-,20-/m1/s1. The third-order valence-electron chi connectivity index (χ3n) is 4.68. The third kappa shape index (κ3) is 4.21. The van der Waals surface area contributed by atoms with Gasteiger partial charge in [0.15, 0.2) is 5.78 Å². The number of aliphatic hydroxyl groups is 4. The molecule has 0 saturated carbocycles. The molecule has 8 nitrogen and oxygen atoms in total. The van der Waals surface area contributed by atoms with E-state index in [1.165, 1.54) is 0 Å². The van der Waals surface area contributed by atoms with Gasteiger partial charge in [0, 0.05) is 0 Å². The molecule has 8 heteroatoms. The van der Waals surface area contributed by atoms with Crippen molar-refractivity contribution in [2.75, 3.05) is 6.61 Å². The maximum absolute atomic E-state index is 11.7. The zero-order valence-electron chi connectivity index (χ0n) is 15.5. The minimum absolute atomic E-state index is 0.0280. The van der Waals surface area contributed by atoms with Crippen LogP contribution in [0.1, 0.15) is 13.8 Å². The molecule has 0 aromatic heterocycles. The van der Waals surface area contributed by atoms with Crippen LogP contribution in [0.2, 0.25) is 0 Å². The maximum atomic E-state index is 11.7. The molecule has 1 saturated heterocycles. The normalized spacial score (nSPS) is 32.1. The van der Waals surface area contributed by atoms with Gasteiger partial charge in [-0.25, -0.2) is 4.99 Å². The largest absolute Gasteiger partial charge is 0.462 e. The highest BCUT2D eigenvalue weighted by Crippen LogP contribution is 2.26. The Kier molecular flexibility index (Phi) is 6.07. The van der Waals surface area contributed by atoms with Gasteiger partial charge in [0.25, 0.3) is 0 Å². The van der Waals surface area contributed by atoms with Crippen molar-refractivity contribution in [3.05, 3.63) is 47.6 Å². The number of nitrogens with zero attached hydrogens (tertiary/aromatic N) is 1. The Morgan fingerprint density at radius 3 is 2.32 bits per heavy atom. The number of hydrogen-bond donors (Lipinski definition) is 4. The Morgan fingerprint density at radius 2 is 1.68 bits per heavy atom. The van der Waals surface area contributed by atoms with Gasteiger partial charge in [0.2, 0.25) is 6.29 Å². The van der Waals surface area contributed by atoms with E-state index in [0.717, 1.165) is 5.57 Å². The maximum Gasteiger partial charge on any atom is 0.229 e. The average molecular weight is 389 g/mol. The van der Waals surface area contributed by atoms with E-state index in [0.29, 0.717) is 22.7 Å². The van der Waals surface area contributed by atoms with E-state index < -0.39 is 37.3 Å². The molecule has 1 aromatic carbocycles. The van der Waals surface area contributed by atoms with Crippen LogP contribution in [0, 0.1) is 0 Å². The number of allylic oxidation sites excluding steroid dienone is 4. The number of carbonyl (C=O) groups excluding carboxylic acids is 1. The van der Waals surface area contributed by atoms with Crippen LogP contribution in [-0.2, 0) is 9.53 Å². The Bertz CT molecular complexity index is 825. The Morgan fingerprint density at radius 1 is 1.00 bits per heavy atom. The summed E-state index contributed by atoms with van der Waals surface area (Å²) in [6.45, 7) is 3.03. The predicted molar refractivity (Wildman–Crippen MR) is 100 cm³/mol. The van der Waals surface area contributed by atoms with Crippen LogP contribution in [0.5, 0.6) is 5.75 Å². The number of rotatable bonds is 4. The second kappa shape index (κ2) is 8.34. The van der Waals surface area contributed by atoms with Gasteiger partial charge in [-0.1, -0.05) is 0 Å². The van der Waals surface area contributed by atoms with E-state index in [1.807, 2.05) is 6.92 Å². The van der Waals surface area contributed by atoms with Crippen molar-refractivity contribution >= 4 is 17.2 Å². The smallest absolute Gasteiger partial charge is 0.229 e. The first-order valence-electron chi connectivity index (χ1n) is 8.87. The van der Waals surface area contributed by atoms with E-state index in [9.17, 15) is 25.2 Å². The van der Waals surface area contributed by atoms with Gasteiger partial charge in [-0.3, -0.25) is 4.79 Å². The summed E-state index contributed by atoms with van der Waals surface area (Å²) in [5.41, 5.74) is 2.73. The van der Waals surface area contributed by atoms with Crippen LogP contribution in [0.4, 0.5) is 5.69 Å². The van der Waals surface area contributed by atoms with E-state index in [4.69, 9.17) is 9.47 Å². The highest BCUT2D eigenvalue weighted by atomic mass is 16.7. The van der Waals surface area contributed by atoms with Crippen molar-refractivity contribution in [2.45, 2.75) is 44.6 Å². The molecule has 0 unspecified atom stereocenters. The van der Waals surface area contributed by atoms with Gasteiger partial charge in [0.05, 0.1) is 18.0 Å². The molecular weight excluding hydrogens is 366 g/mol. The van der Waals surface area contributed by atoms with E-state index in [1.54, 1.807) is 43.3 Å². The number of aliphatic imine (C=N–C) groups is 1. The lowest BCUT2D eigenvalue weighted by molar-refractivity contribution is -0.277. The van der Waals surface area contributed by atoms with Crippen molar-refractivity contribution < 1.29 is 34.7 Å². The molecule has 1 fully saturated rings. The number of benzene rings is 1. The lowest BCUT2D eigenvalue weighted by Crippen LogP contribution is -2.60. The molecule has 2 aliphatic rings. The van der Waals surface area contributed by atoms with Gasteiger partial charge >= 0.3 is 0 Å². The lowest BCUT2D eigenvalue weighted by atomic mass is 9.98. The Balaban J connectivity index is 1.72. The molecule has 3 rings (SSSR count). The highest BCUT2D eigenvalue weighted by molar-refractivity contribution is 6.22. The summed E-state index contributed by atoms with van der Waals surface area (Å²) in [5, 5.41) is 38.9. The molecule has 1 heterocycles. The van der Waals surface area contributed by atoms with Crippen LogP contribution >= 0.6 is 0 Å². The van der Waals surface area contributed by atoms with Gasteiger partial charge in [-0.15, -0.1) is 0 Å². The summed E-state index contributed by atoms with van der Waals surface area (Å²) in [6, 6.07) is 6.62. The number of carbonyl (C=O) groups is 1. The molecule has 150 valence electrons. The van der Waals surface area contributed by atoms with Gasteiger partial charge in [0.1, 0.15) is 30.2 Å². The summed E-state index contributed by atoms with van der Waals surface area (Å²) in [6.07, 6.45) is -3.41. The third-order valence-corrected chi connectivity index (χ3v) is 4.68. The minimum Gasteiger partial charge on any atom is -0.462 e. The van der Waals surface area contributed by atoms with E-state index in [-0.39, 0.29) is 5.78 Å². The number of aliphatic hydroxyl groups excluding tert-OH is 4. The van der Waals surface area contributed by atoms with Crippen LogP contribution in [0.25, 0.3) is 0 Å². The van der Waals surface area contributed by atoms with Crippen molar-refractivity contribution in [1.29, 1.82) is 0 Å². The first kappa shape index (κ1) is 20.4. The summed E-state index contributed by atoms with van der Waals surface area (Å²) in [5.74, 6) is 0.325.